The SMILES string of the molecule is CCOC(=O)Cc1cc(C#N)cc(CO)c1[N+](=O)[O-]. The molecule has 0 amide bonds. The first kappa shape index (κ1) is 14.6. The molecule has 0 heterocycles. The van der Waals surface area contributed by atoms with Crippen LogP contribution in [-0.2, 0) is 22.6 Å². The van der Waals surface area contributed by atoms with E-state index in [-0.39, 0.29) is 35.4 Å². The smallest absolute Gasteiger partial charge is 0.310 e. The van der Waals surface area contributed by atoms with Crippen LogP contribution in [0.4, 0.5) is 5.69 Å². The van der Waals surface area contributed by atoms with Crippen LogP contribution < -0.4 is 0 Å². The van der Waals surface area contributed by atoms with Crippen molar-refractivity contribution in [1.82, 2.24) is 0 Å². The van der Waals surface area contributed by atoms with Gasteiger partial charge >= 0.3 is 5.97 Å². The van der Waals surface area contributed by atoms with E-state index in [0.717, 1.165) is 0 Å². The quantitative estimate of drug-likeness (QED) is 0.483. The summed E-state index contributed by atoms with van der Waals surface area (Å²) in [6, 6.07) is 4.31. The van der Waals surface area contributed by atoms with E-state index in [2.05, 4.69) is 0 Å². The Hall–Kier alpha value is -2.46. The second-order valence-corrected chi connectivity index (χ2v) is 3.65. The van der Waals surface area contributed by atoms with Gasteiger partial charge in [-0.15, -0.1) is 0 Å². The fourth-order valence-corrected chi connectivity index (χ4v) is 1.68. The van der Waals surface area contributed by atoms with Crippen LogP contribution in [0, 0.1) is 21.4 Å². The Labute approximate surface area is 109 Å². The summed E-state index contributed by atoms with van der Waals surface area (Å²) in [5.41, 5.74) is -0.140. The maximum absolute atomic E-state index is 11.4. The molecule has 0 aliphatic carbocycles. The van der Waals surface area contributed by atoms with Crippen LogP contribution in [-0.4, -0.2) is 22.6 Å². The van der Waals surface area contributed by atoms with E-state index in [1.165, 1.54) is 12.1 Å². The van der Waals surface area contributed by atoms with Crippen molar-refractivity contribution in [2.24, 2.45) is 0 Å². The van der Waals surface area contributed by atoms with Gasteiger partial charge in [-0.2, -0.15) is 5.26 Å². The van der Waals surface area contributed by atoms with Gasteiger partial charge in [0.2, 0.25) is 0 Å². The van der Waals surface area contributed by atoms with Crippen LogP contribution in [0.15, 0.2) is 12.1 Å². The first-order valence-corrected chi connectivity index (χ1v) is 5.50. The van der Waals surface area contributed by atoms with E-state index in [4.69, 9.17) is 15.1 Å². The molecule has 0 unspecified atom stereocenters. The van der Waals surface area contributed by atoms with Gasteiger partial charge < -0.3 is 9.84 Å². The highest BCUT2D eigenvalue weighted by molar-refractivity contribution is 5.75. The minimum atomic E-state index is -0.679. The Morgan fingerprint density at radius 3 is 2.63 bits per heavy atom. The summed E-state index contributed by atoms with van der Waals surface area (Å²) >= 11 is 0. The number of ether oxygens (including phenoxy) is 1. The minimum absolute atomic E-state index is 0.00310. The lowest BCUT2D eigenvalue weighted by Crippen LogP contribution is -2.11. The van der Waals surface area contributed by atoms with Crippen molar-refractivity contribution in [3.63, 3.8) is 0 Å². The molecule has 1 rings (SSSR count). The van der Waals surface area contributed by atoms with Crippen LogP contribution >= 0.6 is 0 Å². The molecule has 0 bridgehead atoms. The highest BCUT2D eigenvalue weighted by atomic mass is 16.6. The maximum Gasteiger partial charge on any atom is 0.310 e. The standard InChI is InChI=1S/C12H12N2O5/c1-2-19-11(16)5-9-3-8(6-13)4-10(7-15)12(9)14(17)18/h3-4,15H,2,5,7H2,1H3. The van der Waals surface area contributed by atoms with E-state index in [1.54, 1.807) is 6.92 Å². The molecule has 0 atom stereocenters. The molecule has 0 aliphatic rings. The molecule has 0 saturated carbocycles. The number of carbonyl (C=O) groups is 1. The summed E-state index contributed by atoms with van der Waals surface area (Å²) in [6.45, 7) is 1.20. The molecule has 7 heteroatoms. The van der Waals surface area contributed by atoms with Gasteiger partial charge in [0.05, 0.1) is 41.8 Å². The highest BCUT2D eigenvalue weighted by Crippen LogP contribution is 2.26. The number of esters is 1. The predicted molar refractivity (Wildman–Crippen MR) is 64.1 cm³/mol. The van der Waals surface area contributed by atoms with E-state index in [9.17, 15) is 14.9 Å². The van der Waals surface area contributed by atoms with Crippen molar-refractivity contribution in [3.8, 4) is 6.07 Å². The summed E-state index contributed by atoms with van der Waals surface area (Å²) in [7, 11) is 0. The Morgan fingerprint density at radius 2 is 2.16 bits per heavy atom. The summed E-state index contributed by atoms with van der Waals surface area (Å²) < 4.78 is 4.72. The van der Waals surface area contributed by atoms with Crippen molar-refractivity contribution < 1.29 is 19.6 Å². The van der Waals surface area contributed by atoms with Gasteiger partial charge in [-0.1, -0.05) is 0 Å². The molecule has 7 nitrogen and oxygen atoms in total. The third-order valence-corrected chi connectivity index (χ3v) is 2.39. The zero-order valence-corrected chi connectivity index (χ0v) is 10.3. The Kier molecular flexibility index (Phi) is 4.97. The molecule has 0 spiro atoms. The molecule has 1 N–H and O–H groups in total. The van der Waals surface area contributed by atoms with Crippen molar-refractivity contribution >= 4 is 11.7 Å². The van der Waals surface area contributed by atoms with Crippen LogP contribution in [0.25, 0.3) is 0 Å². The Morgan fingerprint density at radius 1 is 1.53 bits per heavy atom. The maximum atomic E-state index is 11.4. The zero-order chi connectivity index (χ0) is 14.4. The van der Waals surface area contributed by atoms with Gasteiger partial charge in [0.25, 0.3) is 5.69 Å². The van der Waals surface area contributed by atoms with Gasteiger partial charge in [-0.25, -0.2) is 0 Å². The number of rotatable bonds is 5. The molecule has 0 aromatic heterocycles. The van der Waals surface area contributed by atoms with E-state index < -0.39 is 17.5 Å². The number of aliphatic hydroxyl groups is 1. The first-order chi connectivity index (χ1) is 9.03. The number of carbonyl (C=O) groups excluding carboxylic acids is 1. The average Bonchev–Trinajstić information content (AvgIpc) is 2.37. The second-order valence-electron chi connectivity index (χ2n) is 3.65. The average molecular weight is 264 g/mol. The fourth-order valence-electron chi connectivity index (χ4n) is 1.68. The number of hydrogen-bond acceptors (Lipinski definition) is 6. The minimum Gasteiger partial charge on any atom is -0.466 e. The summed E-state index contributed by atoms with van der Waals surface area (Å²) in [5.74, 6) is -0.621. The van der Waals surface area contributed by atoms with E-state index in [1.807, 2.05) is 6.07 Å². The van der Waals surface area contributed by atoms with Crippen LogP contribution in [0.3, 0.4) is 0 Å². The Bertz CT molecular complexity index is 548. The van der Waals surface area contributed by atoms with Crippen molar-refractivity contribution in [3.05, 3.63) is 38.9 Å². The largest absolute Gasteiger partial charge is 0.466 e. The predicted octanol–water partition coefficient (Wildman–Crippen LogP) is 1.06. The lowest BCUT2D eigenvalue weighted by molar-refractivity contribution is -0.386. The normalized spacial score (nSPS) is 9.74. The molecular weight excluding hydrogens is 252 g/mol. The lowest BCUT2D eigenvalue weighted by Gasteiger charge is -2.07. The molecule has 1 aromatic rings. The molecule has 0 aliphatic heterocycles. The number of benzene rings is 1. The van der Waals surface area contributed by atoms with Crippen molar-refractivity contribution in [2.45, 2.75) is 20.0 Å². The molecule has 100 valence electrons. The molecule has 0 saturated heterocycles. The van der Waals surface area contributed by atoms with E-state index >= 15 is 0 Å². The number of aliphatic hydroxyl groups excluding tert-OH is 1. The van der Waals surface area contributed by atoms with Crippen molar-refractivity contribution in [1.29, 1.82) is 5.26 Å². The molecule has 1 aromatic carbocycles. The third kappa shape index (κ3) is 3.50. The van der Waals surface area contributed by atoms with Gasteiger partial charge in [0, 0.05) is 5.56 Å². The molecular formula is C12H12N2O5. The number of nitro benzene ring substituents is 1. The number of nitriles is 1. The van der Waals surface area contributed by atoms with Gasteiger partial charge in [0.15, 0.2) is 0 Å². The lowest BCUT2D eigenvalue weighted by atomic mass is 10.0. The van der Waals surface area contributed by atoms with Gasteiger partial charge in [-0.05, 0) is 19.1 Å². The summed E-state index contributed by atoms with van der Waals surface area (Å²) in [5, 5.41) is 29.0. The fraction of sp³-hybridized carbons (Fsp3) is 0.333. The summed E-state index contributed by atoms with van der Waals surface area (Å²) in [6.07, 6.45) is -0.313. The monoisotopic (exact) mass is 264 g/mol. The third-order valence-electron chi connectivity index (χ3n) is 2.39. The van der Waals surface area contributed by atoms with Gasteiger partial charge in [-0.3, -0.25) is 14.9 Å². The zero-order valence-electron chi connectivity index (χ0n) is 10.3. The van der Waals surface area contributed by atoms with Gasteiger partial charge in [0.1, 0.15) is 0 Å². The number of hydrogen-bond donors (Lipinski definition) is 1. The molecule has 0 fully saturated rings. The van der Waals surface area contributed by atoms with E-state index in [0.29, 0.717) is 0 Å². The van der Waals surface area contributed by atoms with Crippen LogP contribution in [0.1, 0.15) is 23.6 Å². The molecule has 0 radical (unpaired) electrons. The first-order valence-electron chi connectivity index (χ1n) is 5.50. The topological polar surface area (TPSA) is 113 Å². The number of nitro groups is 1. The van der Waals surface area contributed by atoms with Crippen LogP contribution in [0.5, 0.6) is 0 Å². The summed E-state index contributed by atoms with van der Waals surface area (Å²) in [4.78, 5) is 21.7. The highest BCUT2D eigenvalue weighted by Gasteiger charge is 2.23. The Balaban J connectivity index is 3.30. The second kappa shape index (κ2) is 6.47. The molecule has 19 heavy (non-hydrogen) atoms. The number of nitrogens with zero attached hydrogens (tertiary/aromatic N) is 2. The van der Waals surface area contributed by atoms with Crippen molar-refractivity contribution in [2.75, 3.05) is 6.61 Å². The van der Waals surface area contributed by atoms with Crippen LogP contribution in [0.2, 0.25) is 0 Å².